The van der Waals surface area contributed by atoms with E-state index in [2.05, 4.69) is 0 Å². The average Bonchev–Trinajstić information content (AvgIpc) is 2.20. The fourth-order valence-corrected chi connectivity index (χ4v) is 1.28. The fraction of sp³-hybridized carbons (Fsp3) is 0. The molecule has 63 valence electrons. The molecule has 1 nitrogen and oxygen atoms in total. The number of benzene rings is 2. The smallest absolute Gasteiger partial charge is 0.178 e. The molecule has 0 amide bonds. The summed E-state index contributed by atoms with van der Waals surface area (Å²) in [6.45, 7) is 0. The number of hydrogen-bond acceptors (Lipinski definition) is 0. The highest BCUT2D eigenvalue weighted by Crippen LogP contribution is 2.21. The van der Waals surface area contributed by atoms with Crippen LogP contribution in [-0.4, -0.2) is 0 Å². The normalized spacial score (nSPS) is 9.85. The maximum absolute atomic E-state index is 10.9. The van der Waals surface area contributed by atoms with Crippen molar-refractivity contribution < 1.29 is 5.11 Å². The Balaban J connectivity index is 2.42. The first kappa shape index (κ1) is 7.87. The van der Waals surface area contributed by atoms with Crippen LogP contribution in [0.25, 0.3) is 11.1 Å². The van der Waals surface area contributed by atoms with Crippen LogP contribution in [0.15, 0.2) is 54.6 Å². The summed E-state index contributed by atoms with van der Waals surface area (Å²) in [4.78, 5) is 0. The third-order valence-electron chi connectivity index (χ3n) is 1.96. The molecule has 0 heterocycles. The quantitative estimate of drug-likeness (QED) is 0.622. The second-order valence-corrected chi connectivity index (χ2v) is 2.89. The lowest BCUT2D eigenvalue weighted by molar-refractivity contribution is 0.355. The van der Waals surface area contributed by atoms with Crippen molar-refractivity contribution in [1.82, 2.24) is 0 Å². The second-order valence-electron chi connectivity index (χ2n) is 2.89. The topological polar surface area (TPSA) is 19.9 Å². The first-order valence-corrected chi connectivity index (χ1v) is 4.19. The lowest BCUT2D eigenvalue weighted by Crippen LogP contribution is -1.74. The monoisotopic (exact) mass is 169 g/mol. The minimum absolute atomic E-state index is 0.0553. The molecule has 0 unspecified atom stereocenters. The van der Waals surface area contributed by atoms with Crippen LogP contribution in [0.1, 0.15) is 0 Å². The Morgan fingerprint density at radius 2 is 1.15 bits per heavy atom. The Kier molecular flexibility index (Phi) is 2.01. The molecule has 0 aliphatic carbocycles. The lowest BCUT2D eigenvalue weighted by Gasteiger charge is -1.99. The summed E-state index contributed by atoms with van der Waals surface area (Å²) in [7, 11) is 0. The van der Waals surface area contributed by atoms with Gasteiger partial charge in [0.15, 0.2) is 5.75 Å². The van der Waals surface area contributed by atoms with E-state index in [4.69, 9.17) is 0 Å². The van der Waals surface area contributed by atoms with Gasteiger partial charge in [-0.05, 0) is 23.3 Å². The lowest BCUT2D eigenvalue weighted by atomic mass is 10.1. The summed E-state index contributed by atoms with van der Waals surface area (Å²) in [5.41, 5.74) is 2.22. The van der Waals surface area contributed by atoms with Crippen LogP contribution in [0.2, 0.25) is 0 Å². The molecule has 2 rings (SSSR count). The van der Waals surface area contributed by atoms with Gasteiger partial charge in [-0.2, -0.15) is 0 Å². The van der Waals surface area contributed by atoms with E-state index in [-0.39, 0.29) is 5.75 Å². The Hall–Kier alpha value is -1.76. The molecule has 0 saturated heterocycles. The summed E-state index contributed by atoms with van der Waals surface area (Å²) < 4.78 is 0. The highest BCUT2D eigenvalue weighted by atomic mass is 16.3. The van der Waals surface area contributed by atoms with E-state index in [0.29, 0.717) is 0 Å². The van der Waals surface area contributed by atoms with Crippen molar-refractivity contribution in [3.63, 3.8) is 0 Å². The highest BCUT2D eigenvalue weighted by molar-refractivity contribution is 5.63. The van der Waals surface area contributed by atoms with Gasteiger partial charge in [-0.3, -0.25) is 5.11 Å². The highest BCUT2D eigenvalue weighted by Gasteiger charge is 1.95. The van der Waals surface area contributed by atoms with Gasteiger partial charge >= 0.3 is 0 Å². The van der Waals surface area contributed by atoms with Gasteiger partial charge < -0.3 is 0 Å². The Bertz CT molecular complexity index is 376. The van der Waals surface area contributed by atoms with E-state index >= 15 is 0 Å². The van der Waals surface area contributed by atoms with Crippen LogP contribution < -0.4 is 0 Å². The standard InChI is InChI=1S/C12H9O/c13-12-8-6-11(7-9-12)10-4-2-1-3-5-10/h1-9H. The second kappa shape index (κ2) is 3.31. The molecular formula is C12H9O. The van der Waals surface area contributed by atoms with Gasteiger partial charge in [0.25, 0.3) is 0 Å². The molecule has 2 aromatic carbocycles. The minimum Gasteiger partial charge on any atom is -0.290 e. The van der Waals surface area contributed by atoms with Crippen molar-refractivity contribution in [2.24, 2.45) is 0 Å². The zero-order valence-electron chi connectivity index (χ0n) is 7.10. The molecule has 13 heavy (non-hydrogen) atoms. The van der Waals surface area contributed by atoms with Crippen LogP contribution in [0.4, 0.5) is 0 Å². The number of hydrogen-bond donors (Lipinski definition) is 0. The van der Waals surface area contributed by atoms with Gasteiger partial charge in [0, 0.05) is 0 Å². The van der Waals surface area contributed by atoms with Gasteiger partial charge in [0.2, 0.25) is 0 Å². The summed E-state index contributed by atoms with van der Waals surface area (Å²) in [6.07, 6.45) is 0. The van der Waals surface area contributed by atoms with Crippen molar-refractivity contribution in [2.45, 2.75) is 0 Å². The third kappa shape index (κ3) is 1.70. The minimum atomic E-state index is 0.0553. The zero-order valence-corrected chi connectivity index (χ0v) is 7.10. The van der Waals surface area contributed by atoms with Gasteiger partial charge in [0.1, 0.15) is 0 Å². The third-order valence-corrected chi connectivity index (χ3v) is 1.96. The van der Waals surface area contributed by atoms with Crippen molar-refractivity contribution in [3.05, 3.63) is 54.6 Å². The summed E-state index contributed by atoms with van der Waals surface area (Å²) >= 11 is 0. The van der Waals surface area contributed by atoms with Crippen LogP contribution in [-0.2, 0) is 5.11 Å². The van der Waals surface area contributed by atoms with Crippen LogP contribution in [0.3, 0.4) is 0 Å². The van der Waals surface area contributed by atoms with Gasteiger partial charge in [-0.25, -0.2) is 0 Å². The predicted molar refractivity (Wildman–Crippen MR) is 52.0 cm³/mol. The van der Waals surface area contributed by atoms with E-state index < -0.39 is 0 Å². The fourth-order valence-electron chi connectivity index (χ4n) is 1.28. The molecule has 0 spiro atoms. The van der Waals surface area contributed by atoms with E-state index in [1.165, 1.54) is 0 Å². The maximum Gasteiger partial charge on any atom is 0.178 e. The molecular weight excluding hydrogens is 160 g/mol. The molecule has 0 N–H and O–H groups in total. The maximum atomic E-state index is 10.9. The molecule has 2 aromatic rings. The SMILES string of the molecule is [O]c1ccc(-c2ccccc2)cc1. The van der Waals surface area contributed by atoms with Gasteiger partial charge in [0.05, 0.1) is 0 Å². The summed E-state index contributed by atoms with van der Waals surface area (Å²) in [5.74, 6) is 0.0553. The molecule has 0 aromatic heterocycles. The van der Waals surface area contributed by atoms with E-state index in [9.17, 15) is 5.11 Å². The molecule has 0 aliphatic rings. The zero-order chi connectivity index (χ0) is 9.10. The van der Waals surface area contributed by atoms with Crippen LogP contribution in [0, 0.1) is 0 Å². The predicted octanol–water partition coefficient (Wildman–Crippen LogP) is 3.50. The molecule has 0 aliphatic heterocycles. The van der Waals surface area contributed by atoms with Gasteiger partial charge in [-0.1, -0.05) is 42.5 Å². The van der Waals surface area contributed by atoms with E-state index in [1.54, 1.807) is 12.1 Å². The summed E-state index contributed by atoms with van der Waals surface area (Å²) in [5, 5.41) is 10.9. The Labute approximate surface area is 77.3 Å². The Morgan fingerprint density at radius 3 is 1.77 bits per heavy atom. The molecule has 0 atom stereocenters. The first-order chi connectivity index (χ1) is 6.36. The largest absolute Gasteiger partial charge is 0.290 e. The van der Waals surface area contributed by atoms with E-state index in [1.807, 2.05) is 42.5 Å². The molecule has 0 saturated carbocycles. The summed E-state index contributed by atoms with van der Waals surface area (Å²) in [6, 6.07) is 16.9. The Morgan fingerprint density at radius 1 is 0.615 bits per heavy atom. The molecule has 0 bridgehead atoms. The van der Waals surface area contributed by atoms with E-state index in [0.717, 1.165) is 11.1 Å². The van der Waals surface area contributed by atoms with Crippen molar-refractivity contribution in [3.8, 4) is 16.9 Å². The molecule has 0 fully saturated rings. The van der Waals surface area contributed by atoms with Crippen molar-refractivity contribution in [1.29, 1.82) is 0 Å². The first-order valence-electron chi connectivity index (χ1n) is 4.19. The molecule has 1 radical (unpaired) electrons. The van der Waals surface area contributed by atoms with Crippen LogP contribution in [0.5, 0.6) is 5.75 Å². The van der Waals surface area contributed by atoms with Gasteiger partial charge in [-0.15, -0.1) is 0 Å². The van der Waals surface area contributed by atoms with Crippen molar-refractivity contribution in [2.75, 3.05) is 0 Å². The van der Waals surface area contributed by atoms with Crippen LogP contribution >= 0.6 is 0 Å². The average molecular weight is 169 g/mol. The number of rotatable bonds is 1. The molecule has 1 heteroatoms. The van der Waals surface area contributed by atoms with Crippen molar-refractivity contribution >= 4 is 0 Å².